The van der Waals surface area contributed by atoms with E-state index in [9.17, 15) is 0 Å². The van der Waals surface area contributed by atoms with E-state index in [0.29, 0.717) is 19.7 Å². The molecule has 5 heteroatoms. The maximum atomic E-state index is 5.77. The van der Waals surface area contributed by atoms with Gasteiger partial charge in [-0.1, -0.05) is 30.7 Å². The van der Waals surface area contributed by atoms with E-state index in [1.165, 1.54) is 5.56 Å². The maximum absolute atomic E-state index is 5.77. The zero-order valence-electron chi connectivity index (χ0n) is 12.9. The van der Waals surface area contributed by atoms with Crippen molar-refractivity contribution in [3.05, 3.63) is 41.2 Å². The molecular formula is C16H24N4O. The van der Waals surface area contributed by atoms with E-state index < -0.39 is 0 Å². The van der Waals surface area contributed by atoms with Crippen LogP contribution >= 0.6 is 0 Å². The number of hydrogen-bond acceptors (Lipinski definition) is 4. The number of aromatic nitrogens is 3. The van der Waals surface area contributed by atoms with Crippen molar-refractivity contribution < 1.29 is 4.74 Å². The van der Waals surface area contributed by atoms with E-state index >= 15 is 0 Å². The van der Waals surface area contributed by atoms with Crippen LogP contribution in [0.5, 0.6) is 5.75 Å². The predicted molar refractivity (Wildman–Crippen MR) is 83.2 cm³/mol. The number of unbranched alkanes of at least 4 members (excludes halogenated alkanes) is 1. The SMILES string of the molecule is CCCCc1c(CN)nnn1CCOc1cccc(C)c1. The molecule has 0 aliphatic heterocycles. The number of rotatable bonds is 8. The van der Waals surface area contributed by atoms with Gasteiger partial charge >= 0.3 is 0 Å². The number of nitrogens with zero attached hydrogens (tertiary/aromatic N) is 3. The first-order valence-corrected chi connectivity index (χ1v) is 7.55. The number of nitrogens with two attached hydrogens (primary N) is 1. The summed E-state index contributed by atoms with van der Waals surface area (Å²) in [6.45, 7) is 5.95. The van der Waals surface area contributed by atoms with Gasteiger partial charge in [-0.15, -0.1) is 5.10 Å². The van der Waals surface area contributed by atoms with Crippen molar-refractivity contribution in [2.45, 2.75) is 46.2 Å². The molecule has 0 fully saturated rings. The molecule has 0 aliphatic rings. The zero-order chi connectivity index (χ0) is 15.1. The van der Waals surface area contributed by atoms with E-state index in [-0.39, 0.29) is 0 Å². The Morgan fingerprint density at radius 1 is 1.33 bits per heavy atom. The van der Waals surface area contributed by atoms with Crippen LogP contribution in [0.15, 0.2) is 24.3 Å². The molecule has 1 aromatic heterocycles. The van der Waals surface area contributed by atoms with Gasteiger partial charge in [-0.2, -0.15) is 0 Å². The lowest BCUT2D eigenvalue weighted by atomic mass is 10.1. The highest BCUT2D eigenvalue weighted by Crippen LogP contribution is 2.13. The second kappa shape index (κ2) is 7.78. The summed E-state index contributed by atoms with van der Waals surface area (Å²) in [6.07, 6.45) is 3.24. The molecule has 0 saturated carbocycles. The molecule has 0 atom stereocenters. The van der Waals surface area contributed by atoms with Crippen molar-refractivity contribution in [1.29, 1.82) is 0 Å². The van der Waals surface area contributed by atoms with E-state index in [4.69, 9.17) is 10.5 Å². The van der Waals surface area contributed by atoms with Gasteiger partial charge < -0.3 is 10.5 Å². The maximum Gasteiger partial charge on any atom is 0.119 e. The Hall–Kier alpha value is -1.88. The highest BCUT2D eigenvalue weighted by atomic mass is 16.5. The van der Waals surface area contributed by atoms with Gasteiger partial charge in [0.25, 0.3) is 0 Å². The van der Waals surface area contributed by atoms with Gasteiger partial charge in [0, 0.05) is 6.54 Å². The molecule has 0 unspecified atom stereocenters. The van der Waals surface area contributed by atoms with Crippen molar-refractivity contribution >= 4 is 0 Å². The fourth-order valence-corrected chi connectivity index (χ4v) is 2.28. The molecule has 0 amide bonds. The van der Waals surface area contributed by atoms with Crippen molar-refractivity contribution in [2.24, 2.45) is 5.73 Å². The van der Waals surface area contributed by atoms with Crippen LogP contribution in [-0.2, 0) is 19.5 Å². The summed E-state index contributed by atoms with van der Waals surface area (Å²) in [5.74, 6) is 0.893. The van der Waals surface area contributed by atoms with Crippen LogP contribution in [-0.4, -0.2) is 21.6 Å². The lowest BCUT2D eigenvalue weighted by molar-refractivity contribution is 0.287. The fraction of sp³-hybridized carbons (Fsp3) is 0.500. The summed E-state index contributed by atoms with van der Waals surface area (Å²) in [4.78, 5) is 0. The average molecular weight is 288 g/mol. The van der Waals surface area contributed by atoms with Crippen LogP contribution in [0.3, 0.4) is 0 Å². The number of aryl methyl sites for hydroxylation is 1. The van der Waals surface area contributed by atoms with Gasteiger partial charge in [-0.05, 0) is 37.5 Å². The minimum Gasteiger partial charge on any atom is -0.492 e. The smallest absolute Gasteiger partial charge is 0.119 e. The molecule has 0 saturated heterocycles. The highest BCUT2D eigenvalue weighted by molar-refractivity contribution is 5.27. The molecule has 21 heavy (non-hydrogen) atoms. The Morgan fingerprint density at radius 2 is 2.19 bits per heavy atom. The summed E-state index contributed by atoms with van der Waals surface area (Å²) < 4.78 is 7.70. The number of benzene rings is 1. The summed E-state index contributed by atoms with van der Waals surface area (Å²) in [5, 5.41) is 8.36. The van der Waals surface area contributed by atoms with Gasteiger partial charge in [0.2, 0.25) is 0 Å². The number of hydrogen-bond donors (Lipinski definition) is 1. The van der Waals surface area contributed by atoms with Crippen molar-refractivity contribution in [3.8, 4) is 5.75 Å². The zero-order valence-corrected chi connectivity index (χ0v) is 12.9. The standard InChI is InChI=1S/C16H24N4O/c1-3-4-8-16-15(12-17)18-19-20(16)9-10-21-14-7-5-6-13(2)11-14/h5-7,11H,3-4,8-10,12,17H2,1-2H3. The summed E-state index contributed by atoms with van der Waals surface area (Å²) in [7, 11) is 0. The van der Waals surface area contributed by atoms with Crippen LogP contribution in [0.2, 0.25) is 0 Å². The average Bonchev–Trinajstić information content (AvgIpc) is 2.87. The largest absolute Gasteiger partial charge is 0.492 e. The predicted octanol–water partition coefficient (Wildman–Crippen LogP) is 2.47. The van der Waals surface area contributed by atoms with Crippen LogP contribution in [0.4, 0.5) is 0 Å². The highest BCUT2D eigenvalue weighted by Gasteiger charge is 2.11. The van der Waals surface area contributed by atoms with Crippen LogP contribution in [0, 0.1) is 6.92 Å². The first kappa shape index (κ1) is 15.5. The van der Waals surface area contributed by atoms with Gasteiger partial charge in [0.1, 0.15) is 12.4 Å². The molecule has 5 nitrogen and oxygen atoms in total. The molecule has 1 heterocycles. The van der Waals surface area contributed by atoms with Gasteiger partial charge in [0.05, 0.1) is 17.9 Å². The third kappa shape index (κ3) is 4.29. The quantitative estimate of drug-likeness (QED) is 0.810. The summed E-state index contributed by atoms with van der Waals surface area (Å²) in [5.41, 5.74) is 8.97. The molecule has 2 aromatic rings. The summed E-state index contributed by atoms with van der Waals surface area (Å²) in [6, 6.07) is 8.06. The molecule has 114 valence electrons. The Labute approximate surface area is 126 Å². The minimum atomic E-state index is 0.442. The van der Waals surface area contributed by atoms with Crippen molar-refractivity contribution in [1.82, 2.24) is 15.0 Å². The van der Waals surface area contributed by atoms with Gasteiger partial charge in [-0.25, -0.2) is 4.68 Å². The molecule has 0 radical (unpaired) electrons. The van der Waals surface area contributed by atoms with Crippen LogP contribution in [0.1, 0.15) is 36.7 Å². The molecule has 2 N–H and O–H groups in total. The van der Waals surface area contributed by atoms with E-state index in [2.05, 4.69) is 30.2 Å². The molecule has 2 rings (SSSR count). The summed E-state index contributed by atoms with van der Waals surface area (Å²) >= 11 is 0. The van der Waals surface area contributed by atoms with E-state index in [0.717, 1.165) is 36.4 Å². The lowest BCUT2D eigenvalue weighted by Gasteiger charge is -2.09. The van der Waals surface area contributed by atoms with Crippen LogP contribution < -0.4 is 10.5 Å². The second-order valence-electron chi connectivity index (χ2n) is 5.18. The first-order valence-electron chi connectivity index (χ1n) is 7.55. The first-order chi connectivity index (χ1) is 10.2. The van der Waals surface area contributed by atoms with E-state index in [1.54, 1.807) is 0 Å². The Kier molecular flexibility index (Phi) is 5.75. The third-order valence-corrected chi connectivity index (χ3v) is 3.44. The fourth-order valence-electron chi connectivity index (χ4n) is 2.28. The molecule has 0 bridgehead atoms. The Balaban J connectivity index is 1.94. The van der Waals surface area contributed by atoms with Crippen LogP contribution in [0.25, 0.3) is 0 Å². The Bertz CT molecular complexity index is 565. The molecular weight excluding hydrogens is 264 g/mol. The topological polar surface area (TPSA) is 66.0 Å². The van der Waals surface area contributed by atoms with Gasteiger partial charge in [0.15, 0.2) is 0 Å². The molecule has 1 aromatic carbocycles. The van der Waals surface area contributed by atoms with Crippen molar-refractivity contribution in [2.75, 3.05) is 6.61 Å². The lowest BCUT2D eigenvalue weighted by Crippen LogP contribution is -2.13. The van der Waals surface area contributed by atoms with Crippen molar-refractivity contribution in [3.63, 3.8) is 0 Å². The molecule has 0 aliphatic carbocycles. The van der Waals surface area contributed by atoms with E-state index in [1.807, 2.05) is 22.9 Å². The number of ether oxygens (including phenoxy) is 1. The third-order valence-electron chi connectivity index (χ3n) is 3.44. The monoisotopic (exact) mass is 288 g/mol. The Morgan fingerprint density at radius 3 is 2.90 bits per heavy atom. The normalized spacial score (nSPS) is 10.8. The molecule has 0 spiro atoms. The minimum absolute atomic E-state index is 0.442. The van der Waals surface area contributed by atoms with Gasteiger partial charge in [-0.3, -0.25) is 0 Å². The second-order valence-corrected chi connectivity index (χ2v) is 5.18.